The number of carbonyl (C=O) groups is 1. The van der Waals surface area contributed by atoms with Crippen LogP contribution in [-0.2, 0) is 10.0 Å². The van der Waals surface area contributed by atoms with E-state index in [9.17, 15) is 13.2 Å². The molecule has 0 aliphatic heterocycles. The molecule has 18 heavy (non-hydrogen) atoms. The summed E-state index contributed by atoms with van der Waals surface area (Å²) < 4.78 is 26.0. The quantitative estimate of drug-likeness (QED) is 0.552. The lowest BCUT2D eigenvalue weighted by Crippen LogP contribution is -2.28. The van der Waals surface area contributed by atoms with Crippen molar-refractivity contribution < 1.29 is 23.4 Å². The molecule has 1 aromatic heterocycles. The van der Waals surface area contributed by atoms with Crippen molar-refractivity contribution in [2.24, 2.45) is 0 Å². The zero-order chi connectivity index (χ0) is 13.9. The number of carboxylic acid groups (broad SMARTS) is 1. The monoisotopic (exact) mass is 277 g/mol. The van der Waals surface area contributed by atoms with E-state index in [0.29, 0.717) is 0 Å². The molecule has 9 heteroatoms. The van der Waals surface area contributed by atoms with Crippen molar-refractivity contribution >= 4 is 16.0 Å². The Bertz CT molecular complexity index is 534. The molecule has 1 aromatic rings. The van der Waals surface area contributed by atoms with Gasteiger partial charge in [-0.1, -0.05) is 0 Å². The predicted octanol–water partition coefficient (Wildman–Crippen LogP) is -0.534. The number of aliphatic hydroxyl groups excluding tert-OH is 1. The van der Waals surface area contributed by atoms with Gasteiger partial charge in [-0.3, -0.25) is 5.10 Å². The lowest BCUT2D eigenvalue weighted by atomic mass is 10.3. The van der Waals surface area contributed by atoms with Gasteiger partial charge in [0.15, 0.2) is 5.69 Å². The van der Waals surface area contributed by atoms with Crippen molar-refractivity contribution in [2.75, 3.05) is 6.54 Å². The van der Waals surface area contributed by atoms with E-state index >= 15 is 0 Å². The second-order valence-electron chi connectivity index (χ2n) is 3.87. The van der Waals surface area contributed by atoms with Crippen molar-refractivity contribution in [3.05, 3.63) is 11.4 Å². The minimum atomic E-state index is -3.95. The van der Waals surface area contributed by atoms with Crippen LogP contribution in [0.3, 0.4) is 0 Å². The molecule has 0 amide bonds. The van der Waals surface area contributed by atoms with Crippen LogP contribution in [-0.4, -0.2) is 47.4 Å². The number of carboxylic acids is 1. The molecule has 0 saturated heterocycles. The first-order valence-corrected chi connectivity index (χ1v) is 6.70. The zero-order valence-electron chi connectivity index (χ0n) is 9.97. The Morgan fingerprint density at radius 3 is 2.67 bits per heavy atom. The molecule has 0 fully saturated rings. The smallest absolute Gasteiger partial charge is 0.357 e. The molecule has 0 aliphatic rings. The van der Waals surface area contributed by atoms with Gasteiger partial charge in [0.2, 0.25) is 10.0 Å². The number of sulfonamides is 1. The maximum absolute atomic E-state index is 11.9. The number of H-pyrrole nitrogens is 1. The topological polar surface area (TPSA) is 132 Å². The summed E-state index contributed by atoms with van der Waals surface area (Å²) >= 11 is 0. The fraction of sp³-hybridized carbons (Fsp3) is 0.556. The number of nitrogens with one attached hydrogen (secondary N) is 2. The second kappa shape index (κ2) is 5.46. The van der Waals surface area contributed by atoms with Crippen LogP contribution in [0.1, 0.15) is 29.5 Å². The van der Waals surface area contributed by atoms with E-state index in [-0.39, 0.29) is 23.6 Å². The maximum Gasteiger partial charge on any atom is 0.357 e. The Balaban J connectivity index is 2.98. The van der Waals surface area contributed by atoms with Gasteiger partial charge in [-0.15, -0.1) is 0 Å². The molecule has 0 aliphatic carbocycles. The molecule has 0 radical (unpaired) electrons. The van der Waals surface area contributed by atoms with Gasteiger partial charge in [-0.2, -0.15) is 5.10 Å². The normalized spacial score (nSPS) is 13.5. The highest BCUT2D eigenvalue weighted by Gasteiger charge is 2.27. The van der Waals surface area contributed by atoms with Crippen LogP contribution >= 0.6 is 0 Å². The van der Waals surface area contributed by atoms with E-state index < -0.39 is 27.8 Å². The van der Waals surface area contributed by atoms with Crippen LogP contribution in [0.2, 0.25) is 0 Å². The van der Waals surface area contributed by atoms with Gasteiger partial charge in [-0.05, 0) is 20.3 Å². The second-order valence-corrected chi connectivity index (χ2v) is 5.57. The first kappa shape index (κ1) is 14.6. The fourth-order valence-corrected chi connectivity index (χ4v) is 2.73. The third kappa shape index (κ3) is 3.28. The largest absolute Gasteiger partial charge is 0.476 e. The summed E-state index contributed by atoms with van der Waals surface area (Å²) in [5.74, 6) is -1.42. The third-order valence-corrected chi connectivity index (χ3v) is 3.84. The summed E-state index contributed by atoms with van der Waals surface area (Å²) in [4.78, 5) is 10.5. The number of aryl methyl sites for hydroxylation is 1. The molecule has 0 spiro atoms. The SMILES string of the molecule is Cc1[nH]nc(C(=O)O)c1S(=O)(=O)NCCC(C)O. The summed E-state index contributed by atoms with van der Waals surface area (Å²) in [6.45, 7) is 2.96. The average molecular weight is 277 g/mol. The predicted molar refractivity (Wildman–Crippen MR) is 61.8 cm³/mol. The molecular formula is C9H15N3O5S. The van der Waals surface area contributed by atoms with Gasteiger partial charge in [0.1, 0.15) is 4.90 Å². The molecule has 1 rings (SSSR count). The molecule has 0 saturated carbocycles. The lowest BCUT2D eigenvalue weighted by molar-refractivity contribution is 0.0686. The Morgan fingerprint density at radius 2 is 2.17 bits per heavy atom. The van der Waals surface area contributed by atoms with Crippen molar-refractivity contribution in [3.63, 3.8) is 0 Å². The Labute approximate surface area is 104 Å². The number of hydrogen-bond donors (Lipinski definition) is 4. The van der Waals surface area contributed by atoms with E-state index in [1.54, 1.807) is 0 Å². The molecule has 0 aromatic carbocycles. The Hall–Kier alpha value is -1.45. The van der Waals surface area contributed by atoms with Crippen molar-refractivity contribution in [1.82, 2.24) is 14.9 Å². The van der Waals surface area contributed by atoms with E-state index in [1.807, 2.05) is 0 Å². The number of aromatic amines is 1. The van der Waals surface area contributed by atoms with Crippen LogP contribution in [0.15, 0.2) is 4.90 Å². The lowest BCUT2D eigenvalue weighted by Gasteiger charge is -2.07. The van der Waals surface area contributed by atoms with E-state index in [4.69, 9.17) is 10.2 Å². The van der Waals surface area contributed by atoms with Crippen LogP contribution in [0.5, 0.6) is 0 Å². The van der Waals surface area contributed by atoms with Gasteiger partial charge in [-0.25, -0.2) is 17.9 Å². The van der Waals surface area contributed by atoms with Crippen LogP contribution in [0.25, 0.3) is 0 Å². The summed E-state index contributed by atoms with van der Waals surface area (Å²) in [5, 5.41) is 23.6. The summed E-state index contributed by atoms with van der Waals surface area (Å²) in [5.41, 5.74) is -0.394. The standard InChI is InChI=1S/C9H15N3O5S/c1-5(13)3-4-10-18(16,17)8-6(2)11-12-7(8)9(14)15/h5,10,13H,3-4H2,1-2H3,(H,11,12)(H,14,15). The summed E-state index contributed by atoms with van der Waals surface area (Å²) in [6.07, 6.45) is -0.407. The molecule has 0 bridgehead atoms. The minimum Gasteiger partial charge on any atom is -0.476 e. The molecular weight excluding hydrogens is 262 g/mol. The molecule has 102 valence electrons. The van der Waals surface area contributed by atoms with Gasteiger partial charge in [0.05, 0.1) is 11.8 Å². The Kier molecular flexibility index (Phi) is 4.43. The first-order valence-electron chi connectivity index (χ1n) is 5.21. The van der Waals surface area contributed by atoms with Crippen molar-refractivity contribution in [3.8, 4) is 0 Å². The molecule has 1 heterocycles. The number of aromatic nitrogens is 2. The van der Waals surface area contributed by atoms with Gasteiger partial charge < -0.3 is 10.2 Å². The fourth-order valence-electron chi connectivity index (χ4n) is 1.37. The summed E-state index contributed by atoms with van der Waals surface area (Å²) in [7, 11) is -3.95. The third-order valence-electron chi connectivity index (χ3n) is 2.22. The number of aromatic carboxylic acids is 1. The number of hydrogen-bond acceptors (Lipinski definition) is 5. The summed E-state index contributed by atoms with van der Waals surface area (Å²) in [6, 6.07) is 0. The molecule has 8 nitrogen and oxygen atoms in total. The minimum absolute atomic E-state index is 0.0175. The molecule has 1 unspecified atom stereocenters. The van der Waals surface area contributed by atoms with Crippen molar-refractivity contribution in [1.29, 1.82) is 0 Å². The molecule has 1 atom stereocenters. The van der Waals surface area contributed by atoms with Crippen molar-refractivity contribution in [2.45, 2.75) is 31.3 Å². The van der Waals surface area contributed by atoms with Gasteiger partial charge in [0, 0.05) is 6.54 Å². The number of nitrogens with zero attached hydrogens (tertiary/aromatic N) is 1. The maximum atomic E-state index is 11.9. The number of aliphatic hydroxyl groups is 1. The highest BCUT2D eigenvalue weighted by Crippen LogP contribution is 2.17. The van der Waals surface area contributed by atoms with Gasteiger partial charge in [0.25, 0.3) is 0 Å². The van der Waals surface area contributed by atoms with Crippen LogP contribution in [0, 0.1) is 6.92 Å². The van der Waals surface area contributed by atoms with E-state index in [2.05, 4.69) is 14.9 Å². The van der Waals surface area contributed by atoms with E-state index in [0.717, 1.165) is 0 Å². The van der Waals surface area contributed by atoms with Crippen LogP contribution in [0.4, 0.5) is 0 Å². The van der Waals surface area contributed by atoms with E-state index in [1.165, 1.54) is 13.8 Å². The van der Waals surface area contributed by atoms with Gasteiger partial charge >= 0.3 is 5.97 Å². The van der Waals surface area contributed by atoms with Crippen LogP contribution < -0.4 is 4.72 Å². The first-order chi connectivity index (χ1) is 8.25. The Morgan fingerprint density at radius 1 is 1.56 bits per heavy atom. The average Bonchev–Trinajstić information content (AvgIpc) is 2.59. The zero-order valence-corrected chi connectivity index (χ0v) is 10.8. The number of rotatable bonds is 6. The molecule has 4 N–H and O–H groups in total. The highest BCUT2D eigenvalue weighted by molar-refractivity contribution is 7.89. The highest BCUT2D eigenvalue weighted by atomic mass is 32.2.